The van der Waals surface area contributed by atoms with Crippen LogP contribution < -0.4 is 0 Å². The molecule has 40 heavy (non-hydrogen) atoms. The van der Waals surface area contributed by atoms with Gasteiger partial charge in [-0.05, 0) is 29.8 Å². The van der Waals surface area contributed by atoms with Crippen molar-refractivity contribution in [2.75, 3.05) is 13.7 Å². The Bertz CT molecular complexity index is 1450. The van der Waals surface area contributed by atoms with Gasteiger partial charge in [-0.2, -0.15) is 18.3 Å². The number of hydrogen-bond donors (Lipinski definition) is 1. The van der Waals surface area contributed by atoms with E-state index in [2.05, 4.69) is 15.1 Å². The summed E-state index contributed by atoms with van der Waals surface area (Å²) in [4.78, 5) is 14.8. The molecule has 0 spiro atoms. The Morgan fingerprint density at radius 1 is 1.23 bits per heavy atom. The fraction of sp³-hybridized carbons (Fsp3) is 0.360. The van der Waals surface area contributed by atoms with Crippen molar-refractivity contribution in [3.05, 3.63) is 92.6 Å². The molecule has 1 aromatic heterocycles. The lowest BCUT2D eigenvalue weighted by Crippen LogP contribution is -2.59. The van der Waals surface area contributed by atoms with Gasteiger partial charge in [0, 0.05) is 22.6 Å². The second-order valence-corrected chi connectivity index (χ2v) is 9.43. The quantitative estimate of drug-likeness (QED) is 0.231. The van der Waals surface area contributed by atoms with Crippen LogP contribution in [0.4, 0.5) is 13.2 Å². The molecule has 2 aliphatic rings. The SMILES string of the molecule is CO[C@@H]1[C@@H](N=[N+]=[N-])[C@H]2OC(c3ccccc3)OC[C@H]2O[C@H]1c1cc(C(=O)O)nn1-c1cc(Cl)ccc1C(F)(F)F. The monoisotopic (exact) mass is 579 g/mol. The molecule has 2 fully saturated rings. The number of azide groups is 1. The van der Waals surface area contributed by atoms with Crippen molar-refractivity contribution in [2.24, 2.45) is 5.11 Å². The minimum atomic E-state index is -4.82. The number of carboxylic acids is 1. The van der Waals surface area contributed by atoms with Crippen molar-refractivity contribution in [3.63, 3.8) is 0 Å². The molecule has 2 aliphatic heterocycles. The molecule has 0 aliphatic carbocycles. The number of rotatable bonds is 6. The van der Waals surface area contributed by atoms with E-state index in [1.165, 1.54) is 7.11 Å². The average molecular weight is 580 g/mol. The van der Waals surface area contributed by atoms with Crippen molar-refractivity contribution in [1.82, 2.24) is 9.78 Å². The highest BCUT2D eigenvalue weighted by Crippen LogP contribution is 2.43. The smallest absolute Gasteiger partial charge is 0.418 e. The van der Waals surface area contributed by atoms with Gasteiger partial charge >= 0.3 is 12.1 Å². The third-order valence-electron chi connectivity index (χ3n) is 6.62. The van der Waals surface area contributed by atoms with E-state index in [9.17, 15) is 28.6 Å². The topological polar surface area (TPSA) is 141 Å². The zero-order chi connectivity index (χ0) is 28.6. The van der Waals surface area contributed by atoms with Gasteiger partial charge in [-0.25, -0.2) is 9.48 Å². The van der Waals surface area contributed by atoms with Gasteiger partial charge in [0.15, 0.2) is 12.0 Å². The first kappa shape index (κ1) is 27.9. The number of carboxylic acid groups (broad SMARTS) is 1. The van der Waals surface area contributed by atoms with E-state index >= 15 is 0 Å². The lowest BCUT2D eigenvalue weighted by Gasteiger charge is -2.48. The van der Waals surface area contributed by atoms with E-state index < -0.39 is 65.8 Å². The molecule has 6 atom stereocenters. The molecule has 5 rings (SSSR count). The number of ether oxygens (including phenoxy) is 4. The molecule has 0 bridgehead atoms. The van der Waals surface area contributed by atoms with Crippen molar-refractivity contribution in [3.8, 4) is 5.69 Å². The molecule has 210 valence electrons. The van der Waals surface area contributed by atoms with Crippen LogP contribution >= 0.6 is 11.6 Å². The summed E-state index contributed by atoms with van der Waals surface area (Å²) < 4.78 is 66.5. The first-order chi connectivity index (χ1) is 19.1. The first-order valence-electron chi connectivity index (χ1n) is 11.9. The fourth-order valence-electron chi connectivity index (χ4n) is 4.89. The third-order valence-corrected chi connectivity index (χ3v) is 6.86. The Balaban J connectivity index is 1.60. The number of aromatic carboxylic acids is 1. The molecule has 2 saturated heterocycles. The summed E-state index contributed by atoms with van der Waals surface area (Å²) in [7, 11) is 1.30. The normalized spacial score (nSPS) is 26.5. The summed E-state index contributed by atoms with van der Waals surface area (Å²) >= 11 is 6.03. The van der Waals surface area contributed by atoms with Gasteiger partial charge in [-0.1, -0.05) is 47.0 Å². The van der Waals surface area contributed by atoms with E-state index in [0.29, 0.717) is 5.56 Å². The maximum absolute atomic E-state index is 14.0. The summed E-state index contributed by atoms with van der Waals surface area (Å²) in [6, 6.07) is 11.9. The highest BCUT2D eigenvalue weighted by Gasteiger charge is 2.51. The summed E-state index contributed by atoms with van der Waals surface area (Å²) in [6.07, 6.45) is -9.70. The Morgan fingerprint density at radius 3 is 2.62 bits per heavy atom. The van der Waals surface area contributed by atoms with Crippen LogP contribution in [0.15, 0.2) is 59.7 Å². The van der Waals surface area contributed by atoms with Crippen molar-refractivity contribution < 1.29 is 42.0 Å². The van der Waals surface area contributed by atoms with Crippen molar-refractivity contribution in [1.29, 1.82) is 0 Å². The molecule has 15 heteroatoms. The molecule has 11 nitrogen and oxygen atoms in total. The number of fused-ring (bicyclic) bond motifs is 1. The Kier molecular flexibility index (Phi) is 7.73. The average Bonchev–Trinajstić information content (AvgIpc) is 3.38. The lowest BCUT2D eigenvalue weighted by atomic mass is 9.90. The molecular formula is C25H21ClF3N5O6. The van der Waals surface area contributed by atoms with Crippen LogP contribution in [0.2, 0.25) is 5.02 Å². The van der Waals surface area contributed by atoms with Gasteiger partial charge in [-0.15, -0.1) is 0 Å². The zero-order valence-corrected chi connectivity index (χ0v) is 21.4. The first-order valence-corrected chi connectivity index (χ1v) is 12.2. The van der Waals surface area contributed by atoms with Crippen LogP contribution in [0.25, 0.3) is 16.1 Å². The highest BCUT2D eigenvalue weighted by molar-refractivity contribution is 6.30. The predicted octanol–water partition coefficient (Wildman–Crippen LogP) is 5.49. The maximum atomic E-state index is 14.0. The summed E-state index contributed by atoms with van der Waals surface area (Å²) in [5.74, 6) is -1.49. The highest BCUT2D eigenvalue weighted by atomic mass is 35.5. The number of methoxy groups -OCH3 is 1. The Morgan fingerprint density at radius 2 is 1.98 bits per heavy atom. The molecule has 1 N–H and O–H groups in total. The molecular weight excluding hydrogens is 559 g/mol. The summed E-state index contributed by atoms with van der Waals surface area (Å²) in [5.41, 5.74) is 7.79. The van der Waals surface area contributed by atoms with Gasteiger partial charge in [0.05, 0.1) is 29.6 Å². The van der Waals surface area contributed by atoms with E-state index in [1.54, 1.807) is 24.3 Å². The Labute approximate surface area is 229 Å². The standard InChI is InChI=1S/C25H21ClF3N5O6/c1-37-22-19(31-33-30)21-18(11-38-24(40-21)12-5-3-2-4-6-12)39-20(22)17-10-15(23(35)36)32-34(17)16-9-13(26)7-8-14(16)25(27,28)29/h2-10,18-22,24H,11H2,1H3,(H,35,36)/t18-,19+,20+,21+,22-,24?/m1/s1. The van der Waals surface area contributed by atoms with Crippen molar-refractivity contribution >= 4 is 17.6 Å². The minimum Gasteiger partial charge on any atom is -0.476 e. The van der Waals surface area contributed by atoms with Crippen LogP contribution in [-0.4, -0.2) is 58.9 Å². The number of benzene rings is 2. The molecule has 1 unspecified atom stereocenters. The molecule has 2 aromatic carbocycles. The van der Waals surface area contributed by atoms with E-state index in [-0.39, 0.29) is 17.3 Å². The lowest BCUT2D eigenvalue weighted by molar-refractivity contribution is -0.310. The van der Waals surface area contributed by atoms with E-state index in [1.807, 2.05) is 6.07 Å². The number of halogens is 4. The number of hydrogen-bond acceptors (Lipinski definition) is 7. The third kappa shape index (κ3) is 5.24. The van der Waals surface area contributed by atoms with Crippen LogP contribution in [-0.2, 0) is 25.1 Å². The largest absolute Gasteiger partial charge is 0.476 e. The molecule has 3 aromatic rings. The summed E-state index contributed by atoms with van der Waals surface area (Å²) in [6.45, 7) is -0.0283. The Hall–Kier alpha value is -3.65. The molecule has 3 heterocycles. The van der Waals surface area contributed by atoms with Gasteiger partial charge in [0.1, 0.15) is 24.4 Å². The van der Waals surface area contributed by atoms with Gasteiger partial charge < -0.3 is 24.1 Å². The minimum absolute atomic E-state index is 0.0283. The van der Waals surface area contributed by atoms with Gasteiger partial charge in [0.2, 0.25) is 0 Å². The molecule has 0 radical (unpaired) electrons. The summed E-state index contributed by atoms with van der Waals surface area (Å²) in [5, 5.41) is 17.4. The maximum Gasteiger partial charge on any atom is 0.418 e. The second-order valence-electron chi connectivity index (χ2n) is 9.00. The van der Waals surface area contributed by atoms with Crippen LogP contribution in [0.1, 0.15) is 39.7 Å². The zero-order valence-electron chi connectivity index (χ0n) is 20.6. The predicted molar refractivity (Wildman–Crippen MR) is 132 cm³/mol. The number of alkyl halides is 3. The van der Waals surface area contributed by atoms with E-state index in [0.717, 1.165) is 28.9 Å². The molecule has 0 amide bonds. The van der Waals surface area contributed by atoms with Gasteiger partial charge in [-0.3, -0.25) is 0 Å². The number of aromatic nitrogens is 2. The number of carbonyl (C=O) groups is 1. The van der Waals surface area contributed by atoms with Crippen LogP contribution in [0, 0.1) is 0 Å². The fourth-order valence-corrected chi connectivity index (χ4v) is 5.05. The van der Waals surface area contributed by atoms with Gasteiger partial charge in [0.25, 0.3) is 0 Å². The second kappa shape index (κ2) is 11.1. The van der Waals surface area contributed by atoms with E-state index in [4.69, 9.17) is 30.5 Å². The van der Waals surface area contributed by atoms with Crippen LogP contribution in [0.3, 0.4) is 0 Å². The van der Waals surface area contributed by atoms with Crippen LogP contribution in [0.5, 0.6) is 0 Å². The number of nitrogens with zero attached hydrogens (tertiary/aromatic N) is 5. The molecule has 0 saturated carbocycles. The van der Waals surface area contributed by atoms with Crippen molar-refractivity contribution in [2.45, 2.75) is 42.9 Å².